The number of nitrogens with one attached hydrogen (secondary N) is 1. The zero-order valence-electron chi connectivity index (χ0n) is 19.3. The lowest BCUT2D eigenvalue weighted by Crippen LogP contribution is -2.49. The summed E-state index contributed by atoms with van der Waals surface area (Å²) in [5, 5.41) is 2.90. The summed E-state index contributed by atoms with van der Waals surface area (Å²) < 4.78 is 5.47. The van der Waals surface area contributed by atoms with Crippen LogP contribution >= 0.6 is 0 Å². The average molecular weight is 439 g/mol. The Labute approximate surface area is 190 Å². The predicted molar refractivity (Wildman–Crippen MR) is 126 cm³/mol. The number of pyridine rings is 1. The van der Waals surface area contributed by atoms with Gasteiger partial charge in [-0.1, -0.05) is 29.8 Å². The summed E-state index contributed by atoms with van der Waals surface area (Å²) in [6.07, 6.45) is 3.04. The minimum absolute atomic E-state index is 0.125. The number of hydrogen-bond acceptors (Lipinski definition) is 5. The summed E-state index contributed by atoms with van der Waals surface area (Å²) in [5.74, 6) is 0.866. The summed E-state index contributed by atoms with van der Waals surface area (Å²) in [5.41, 5.74) is 2.79. The number of aromatic nitrogens is 1. The minimum Gasteiger partial charge on any atom is -0.379 e. The largest absolute Gasteiger partial charge is 0.379 e. The third-order valence-corrected chi connectivity index (χ3v) is 5.50. The second-order valence-corrected chi connectivity index (χ2v) is 8.46. The van der Waals surface area contributed by atoms with Crippen LogP contribution in [0.25, 0.3) is 0 Å². The molecule has 172 valence electrons. The second kappa shape index (κ2) is 11.6. The average Bonchev–Trinajstić information content (AvgIpc) is 2.80. The van der Waals surface area contributed by atoms with Crippen molar-refractivity contribution in [3.05, 3.63) is 59.3 Å². The number of piperazine rings is 1. The Morgan fingerprint density at radius 3 is 2.41 bits per heavy atom. The number of ether oxygens (including phenoxy) is 1. The Morgan fingerprint density at radius 1 is 1.06 bits per heavy atom. The lowest BCUT2D eigenvalue weighted by atomic mass is 10.1. The maximum Gasteiger partial charge on any atom is 0.252 e. The van der Waals surface area contributed by atoms with Crippen molar-refractivity contribution in [2.45, 2.75) is 39.7 Å². The van der Waals surface area contributed by atoms with Crippen molar-refractivity contribution >= 4 is 17.6 Å². The highest BCUT2D eigenvalue weighted by atomic mass is 16.5. The first-order chi connectivity index (χ1) is 15.4. The zero-order chi connectivity index (χ0) is 22.9. The number of rotatable bonds is 9. The molecule has 1 aliphatic rings. The molecule has 7 heteroatoms. The molecule has 1 N–H and O–H groups in total. The lowest BCUT2D eigenvalue weighted by molar-refractivity contribution is -0.130. The molecule has 3 rings (SSSR count). The maximum absolute atomic E-state index is 12.6. The molecule has 7 nitrogen and oxygen atoms in total. The van der Waals surface area contributed by atoms with Crippen LogP contribution in [-0.2, 0) is 16.0 Å². The lowest BCUT2D eigenvalue weighted by Gasteiger charge is -2.35. The van der Waals surface area contributed by atoms with E-state index < -0.39 is 0 Å². The topological polar surface area (TPSA) is 74.8 Å². The van der Waals surface area contributed by atoms with Crippen molar-refractivity contribution in [3.63, 3.8) is 0 Å². The van der Waals surface area contributed by atoms with Crippen LogP contribution in [0.1, 0.15) is 41.8 Å². The number of amides is 2. The van der Waals surface area contributed by atoms with Crippen LogP contribution in [0.15, 0.2) is 42.6 Å². The molecule has 0 atom stereocenters. The SMILES string of the molecule is Cc1ccc(CC(=O)N2CCN(c3ccc(C(=O)NCCCOC(C)C)cn3)CC2)cc1. The number of nitrogens with zero attached hydrogens (tertiary/aromatic N) is 3. The molecule has 1 aromatic heterocycles. The summed E-state index contributed by atoms with van der Waals surface area (Å²) in [6.45, 7) is 10.1. The Bertz CT molecular complexity index is 873. The Morgan fingerprint density at radius 2 is 1.78 bits per heavy atom. The molecule has 0 unspecified atom stereocenters. The van der Waals surface area contributed by atoms with E-state index in [1.54, 1.807) is 12.3 Å². The quantitative estimate of drug-likeness (QED) is 0.610. The highest BCUT2D eigenvalue weighted by Gasteiger charge is 2.22. The van der Waals surface area contributed by atoms with E-state index in [4.69, 9.17) is 4.74 Å². The smallest absolute Gasteiger partial charge is 0.252 e. The van der Waals surface area contributed by atoms with Gasteiger partial charge in [0.2, 0.25) is 5.91 Å². The third-order valence-electron chi connectivity index (χ3n) is 5.50. The molecule has 1 aliphatic heterocycles. The van der Waals surface area contributed by atoms with Crippen LogP contribution in [0.3, 0.4) is 0 Å². The van der Waals surface area contributed by atoms with Crippen LogP contribution in [0.4, 0.5) is 5.82 Å². The molecule has 0 aliphatic carbocycles. The number of anilines is 1. The van der Waals surface area contributed by atoms with Crippen LogP contribution in [0, 0.1) is 6.92 Å². The van der Waals surface area contributed by atoms with E-state index in [9.17, 15) is 9.59 Å². The van der Waals surface area contributed by atoms with E-state index in [-0.39, 0.29) is 17.9 Å². The van der Waals surface area contributed by atoms with E-state index >= 15 is 0 Å². The Kier molecular flexibility index (Phi) is 8.62. The minimum atomic E-state index is -0.125. The van der Waals surface area contributed by atoms with Gasteiger partial charge in [-0.3, -0.25) is 9.59 Å². The second-order valence-electron chi connectivity index (χ2n) is 8.46. The Hall–Kier alpha value is -2.93. The van der Waals surface area contributed by atoms with Gasteiger partial charge in [-0.2, -0.15) is 0 Å². The fourth-order valence-corrected chi connectivity index (χ4v) is 3.58. The fourth-order valence-electron chi connectivity index (χ4n) is 3.58. The molecular formula is C25H34N4O3. The van der Waals surface area contributed by atoms with Crippen molar-refractivity contribution in [1.82, 2.24) is 15.2 Å². The van der Waals surface area contributed by atoms with E-state index in [1.165, 1.54) is 5.56 Å². The molecule has 2 amide bonds. The van der Waals surface area contributed by atoms with Crippen LogP contribution < -0.4 is 10.2 Å². The van der Waals surface area contributed by atoms with Gasteiger partial charge in [0.25, 0.3) is 5.91 Å². The molecule has 1 aromatic carbocycles. The predicted octanol–water partition coefficient (Wildman–Crippen LogP) is 2.83. The molecule has 1 fully saturated rings. The monoisotopic (exact) mass is 438 g/mol. The van der Waals surface area contributed by atoms with Crippen molar-refractivity contribution in [2.75, 3.05) is 44.2 Å². The molecular weight excluding hydrogens is 404 g/mol. The number of carbonyl (C=O) groups is 2. The number of carbonyl (C=O) groups excluding carboxylic acids is 2. The van der Waals surface area contributed by atoms with Gasteiger partial charge in [0, 0.05) is 45.5 Å². The van der Waals surface area contributed by atoms with E-state index in [0.717, 1.165) is 30.9 Å². The zero-order valence-corrected chi connectivity index (χ0v) is 19.3. The number of aryl methyl sites for hydroxylation is 1. The molecule has 0 spiro atoms. The first kappa shape index (κ1) is 23.7. The third kappa shape index (κ3) is 7.05. The van der Waals surface area contributed by atoms with Crippen molar-refractivity contribution in [2.24, 2.45) is 0 Å². The van der Waals surface area contributed by atoms with Crippen LogP contribution in [0.5, 0.6) is 0 Å². The van der Waals surface area contributed by atoms with E-state index in [1.807, 2.05) is 56.0 Å². The number of benzene rings is 1. The molecule has 2 aromatic rings. The van der Waals surface area contributed by atoms with Crippen molar-refractivity contribution in [1.29, 1.82) is 0 Å². The summed E-state index contributed by atoms with van der Waals surface area (Å²) >= 11 is 0. The fraction of sp³-hybridized carbons (Fsp3) is 0.480. The summed E-state index contributed by atoms with van der Waals surface area (Å²) in [4.78, 5) is 33.4. The van der Waals surface area contributed by atoms with Gasteiger partial charge in [0.1, 0.15) is 5.82 Å². The summed E-state index contributed by atoms with van der Waals surface area (Å²) in [7, 11) is 0. The molecule has 0 saturated carbocycles. The molecule has 2 heterocycles. The van der Waals surface area contributed by atoms with Gasteiger partial charge in [-0.15, -0.1) is 0 Å². The standard InChI is InChI=1S/C25H34N4O3/c1-19(2)32-16-4-11-26-25(31)22-9-10-23(27-18-22)28-12-14-29(15-13-28)24(30)17-21-7-5-20(3)6-8-21/h5-10,18-19H,4,11-17H2,1-3H3,(H,26,31). The summed E-state index contributed by atoms with van der Waals surface area (Å²) in [6, 6.07) is 11.8. The molecule has 0 radical (unpaired) electrons. The van der Waals surface area contributed by atoms with Gasteiger partial charge in [0.15, 0.2) is 0 Å². The van der Waals surface area contributed by atoms with Gasteiger partial charge in [-0.05, 0) is 44.9 Å². The van der Waals surface area contributed by atoms with Crippen molar-refractivity contribution in [3.8, 4) is 0 Å². The van der Waals surface area contributed by atoms with E-state index in [0.29, 0.717) is 38.2 Å². The molecule has 32 heavy (non-hydrogen) atoms. The van der Waals surface area contributed by atoms with Gasteiger partial charge in [-0.25, -0.2) is 4.98 Å². The highest BCUT2D eigenvalue weighted by Crippen LogP contribution is 2.15. The van der Waals surface area contributed by atoms with Gasteiger partial charge < -0.3 is 19.9 Å². The molecule has 0 bridgehead atoms. The normalized spacial score (nSPS) is 14.0. The van der Waals surface area contributed by atoms with Crippen LogP contribution in [-0.4, -0.2) is 67.1 Å². The number of hydrogen-bond donors (Lipinski definition) is 1. The van der Waals surface area contributed by atoms with Gasteiger partial charge in [0.05, 0.1) is 18.1 Å². The van der Waals surface area contributed by atoms with Crippen molar-refractivity contribution < 1.29 is 14.3 Å². The first-order valence-corrected chi connectivity index (χ1v) is 11.4. The molecule has 1 saturated heterocycles. The van der Waals surface area contributed by atoms with Gasteiger partial charge >= 0.3 is 0 Å². The van der Waals surface area contributed by atoms with Crippen LogP contribution in [0.2, 0.25) is 0 Å². The maximum atomic E-state index is 12.6. The Balaban J connectivity index is 1.42. The first-order valence-electron chi connectivity index (χ1n) is 11.4. The highest BCUT2D eigenvalue weighted by molar-refractivity contribution is 5.94. The van der Waals surface area contributed by atoms with E-state index in [2.05, 4.69) is 15.2 Å².